The molecule has 1 aliphatic carbocycles. The van der Waals surface area contributed by atoms with Crippen molar-refractivity contribution in [2.24, 2.45) is 0 Å². The third-order valence-electron chi connectivity index (χ3n) is 5.59. The van der Waals surface area contributed by atoms with Crippen molar-refractivity contribution in [3.8, 4) is 0 Å². The van der Waals surface area contributed by atoms with Gasteiger partial charge in [0.25, 0.3) is 5.91 Å². The number of hydrogen-bond acceptors (Lipinski definition) is 3. The minimum absolute atomic E-state index is 0.0582. The molecule has 2 heterocycles. The van der Waals surface area contributed by atoms with Crippen LogP contribution in [0.15, 0.2) is 30.3 Å². The quantitative estimate of drug-likeness (QED) is 0.777. The van der Waals surface area contributed by atoms with E-state index in [-0.39, 0.29) is 11.3 Å². The Morgan fingerprint density at radius 2 is 1.74 bits per heavy atom. The lowest BCUT2D eigenvalue weighted by atomic mass is 9.75. The Morgan fingerprint density at radius 1 is 1.04 bits per heavy atom. The van der Waals surface area contributed by atoms with Gasteiger partial charge in [0.1, 0.15) is 0 Å². The van der Waals surface area contributed by atoms with Crippen LogP contribution in [0.5, 0.6) is 0 Å². The second-order valence-corrected chi connectivity index (χ2v) is 7.01. The first kappa shape index (κ1) is 14.9. The maximum Gasteiger partial charge on any atom is 0.251 e. The van der Waals surface area contributed by atoms with Crippen LogP contribution in [-0.2, 0) is 10.2 Å². The molecule has 1 aromatic carbocycles. The Balaban J connectivity index is 1.62. The summed E-state index contributed by atoms with van der Waals surface area (Å²) in [5.41, 5.74) is 3.43. The topological polar surface area (TPSA) is 53.2 Å². The van der Waals surface area contributed by atoms with Crippen molar-refractivity contribution in [1.29, 1.82) is 0 Å². The van der Waals surface area contributed by atoms with Gasteiger partial charge in [-0.1, -0.05) is 30.3 Å². The molecule has 4 nitrogen and oxygen atoms in total. The van der Waals surface area contributed by atoms with Gasteiger partial charge in [-0.05, 0) is 63.0 Å². The van der Waals surface area contributed by atoms with Crippen molar-refractivity contribution < 1.29 is 4.79 Å². The van der Waals surface area contributed by atoms with Crippen molar-refractivity contribution in [2.45, 2.75) is 37.1 Å². The van der Waals surface area contributed by atoms with E-state index in [2.05, 4.69) is 40.2 Å². The Bertz CT molecular complexity index is 625. The molecule has 1 aromatic rings. The number of benzene rings is 1. The number of amides is 1. The Morgan fingerprint density at radius 3 is 2.52 bits per heavy atom. The van der Waals surface area contributed by atoms with Crippen LogP contribution in [-0.4, -0.2) is 38.1 Å². The van der Waals surface area contributed by atoms with E-state index in [1.54, 1.807) is 0 Å². The van der Waals surface area contributed by atoms with Gasteiger partial charge >= 0.3 is 0 Å². The molecule has 0 atom stereocenters. The summed E-state index contributed by atoms with van der Waals surface area (Å²) in [7, 11) is 0. The summed E-state index contributed by atoms with van der Waals surface area (Å²) >= 11 is 0. The smallest absolute Gasteiger partial charge is 0.251 e. The highest BCUT2D eigenvalue weighted by atomic mass is 16.1. The Labute approximate surface area is 137 Å². The van der Waals surface area contributed by atoms with E-state index in [0.29, 0.717) is 6.04 Å². The normalized spacial score (nSPS) is 23.4. The molecule has 0 bridgehead atoms. The zero-order valence-electron chi connectivity index (χ0n) is 13.5. The van der Waals surface area contributed by atoms with E-state index < -0.39 is 0 Å². The standard InChI is InChI=1S/C19H25N3O/c23-18(22-14-5-9-20-10-6-14)16-13-19(7-11-21-12-8-19)17-4-2-1-3-15(16)17/h1-4,13-14,20-21H,5-12H2,(H,22,23). The van der Waals surface area contributed by atoms with Gasteiger partial charge in [0.2, 0.25) is 0 Å². The summed E-state index contributed by atoms with van der Waals surface area (Å²) in [4.78, 5) is 12.9. The highest BCUT2D eigenvalue weighted by Gasteiger charge is 2.40. The molecule has 23 heavy (non-hydrogen) atoms. The Hall–Kier alpha value is -1.65. The van der Waals surface area contributed by atoms with Gasteiger partial charge in [-0.2, -0.15) is 0 Å². The monoisotopic (exact) mass is 311 g/mol. The first-order chi connectivity index (χ1) is 11.3. The number of carbonyl (C=O) groups excluding carboxylic acids is 1. The summed E-state index contributed by atoms with van der Waals surface area (Å²) in [6.45, 7) is 4.04. The predicted molar refractivity (Wildman–Crippen MR) is 92.2 cm³/mol. The van der Waals surface area contributed by atoms with Gasteiger partial charge in [-0.25, -0.2) is 0 Å². The predicted octanol–water partition coefficient (Wildman–Crippen LogP) is 1.57. The molecule has 0 radical (unpaired) electrons. The maximum absolute atomic E-state index is 12.9. The second kappa shape index (κ2) is 6.10. The first-order valence-electron chi connectivity index (χ1n) is 8.84. The van der Waals surface area contributed by atoms with Gasteiger partial charge in [-0.15, -0.1) is 0 Å². The summed E-state index contributed by atoms with van der Waals surface area (Å²) < 4.78 is 0. The van der Waals surface area contributed by atoms with E-state index in [4.69, 9.17) is 0 Å². The molecular weight excluding hydrogens is 286 g/mol. The molecule has 2 aliphatic heterocycles. The molecule has 122 valence electrons. The third kappa shape index (κ3) is 2.70. The molecule has 2 fully saturated rings. The van der Waals surface area contributed by atoms with Gasteiger partial charge < -0.3 is 16.0 Å². The number of carbonyl (C=O) groups is 1. The number of nitrogens with one attached hydrogen (secondary N) is 3. The number of hydrogen-bond donors (Lipinski definition) is 3. The lowest BCUT2D eigenvalue weighted by Crippen LogP contribution is -2.43. The summed E-state index contributed by atoms with van der Waals surface area (Å²) in [5, 5.41) is 10.0. The van der Waals surface area contributed by atoms with E-state index in [1.165, 1.54) is 5.56 Å². The van der Waals surface area contributed by atoms with Crippen LogP contribution in [0.4, 0.5) is 0 Å². The molecular formula is C19H25N3O. The fourth-order valence-electron chi connectivity index (χ4n) is 4.29. The van der Waals surface area contributed by atoms with Crippen LogP contribution in [0.1, 0.15) is 36.8 Å². The number of piperidine rings is 2. The van der Waals surface area contributed by atoms with Crippen LogP contribution < -0.4 is 16.0 Å². The number of fused-ring (bicyclic) bond motifs is 2. The van der Waals surface area contributed by atoms with Crippen molar-refractivity contribution in [3.05, 3.63) is 41.5 Å². The van der Waals surface area contributed by atoms with Crippen molar-refractivity contribution in [2.75, 3.05) is 26.2 Å². The molecule has 0 unspecified atom stereocenters. The van der Waals surface area contributed by atoms with Gasteiger partial charge in [0.05, 0.1) is 0 Å². The van der Waals surface area contributed by atoms with Gasteiger partial charge in [0.15, 0.2) is 0 Å². The average Bonchev–Trinajstić information content (AvgIpc) is 2.91. The second-order valence-electron chi connectivity index (χ2n) is 7.01. The van der Waals surface area contributed by atoms with Crippen LogP contribution in [0, 0.1) is 0 Å². The minimum Gasteiger partial charge on any atom is -0.349 e. The molecule has 1 amide bonds. The van der Waals surface area contributed by atoms with Crippen molar-refractivity contribution in [3.63, 3.8) is 0 Å². The SMILES string of the molecule is O=C(NC1CCNCC1)C1=CC2(CCNCC2)c2ccccc21. The summed E-state index contributed by atoms with van der Waals surface area (Å²) in [6.07, 6.45) is 6.46. The van der Waals surface area contributed by atoms with Crippen LogP contribution >= 0.6 is 0 Å². The van der Waals surface area contributed by atoms with Gasteiger partial charge in [-0.3, -0.25) is 4.79 Å². The van der Waals surface area contributed by atoms with Crippen molar-refractivity contribution in [1.82, 2.24) is 16.0 Å². The lowest BCUT2D eigenvalue weighted by molar-refractivity contribution is -0.116. The van der Waals surface area contributed by atoms with Crippen molar-refractivity contribution >= 4 is 11.5 Å². The molecule has 0 aromatic heterocycles. The molecule has 3 aliphatic rings. The first-order valence-corrected chi connectivity index (χ1v) is 8.84. The molecule has 4 rings (SSSR count). The largest absolute Gasteiger partial charge is 0.349 e. The fourth-order valence-corrected chi connectivity index (χ4v) is 4.29. The number of allylic oxidation sites excluding steroid dienone is 1. The highest BCUT2D eigenvalue weighted by Crippen LogP contribution is 2.46. The molecule has 1 spiro atoms. The third-order valence-corrected chi connectivity index (χ3v) is 5.59. The van der Waals surface area contributed by atoms with E-state index in [1.807, 2.05) is 6.07 Å². The van der Waals surface area contributed by atoms with Crippen LogP contribution in [0.2, 0.25) is 0 Å². The summed E-state index contributed by atoms with van der Waals surface area (Å²) in [6, 6.07) is 8.78. The van der Waals surface area contributed by atoms with Crippen LogP contribution in [0.25, 0.3) is 5.57 Å². The van der Waals surface area contributed by atoms with E-state index in [9.17, 15) is 4.79 Å². The maximum atomic E-state index is 12.9. The van der Waals surface area contributed by atoms with E-state index in [0.717, 1.165) is 63.0 Å². The minimum atomic E-state index is 0.0582. The highest BCUT2D eigenvalue weighted by molar-refractivity contribution is 6.21. The molecule has 3 N–H and O–H groups in total. The Kier molecular flexibility index (Phi) is 3.95. The number of rotatable bonds is 2. The fraction of sp³-hybridized carbons (Fsp3) is 0.526. The zero-order chi connectivity index (χ0) is 15.7. The van der Waals surface area contributed by atoms with Crippen LogP contribution in [0.3, 0.4) is 0 Å². The lowest BCUT2D eigenvalue weighted by Gasteiger charge is -2.33. The molecule has 4 heteroatoms. The molecule has 2 saturated heterocycles. The zero-order valence-corrected chi connectivity index (χ0v) is 13.5. The van der Waals surface area contributed by atoms with E-state index >= 15 is 0 Å². The van der Waals surface area contributed by atoms with Gasteiger partial charge in [0, 0.05) is 17.0 Å². The summed E-state index contributed by atoms with van der Waals surface area (Å²) in [5.74, 6) is 0.111. The molecule has 0 saturated carbocycles. The average molecular weight is 311 g/mol.